The topological polar surface area (TPSA) is 133 Å². The Hall–Kier alpha value is -2.07. The Labute approximate surface area is 118 Å². The first kappa shape index (κ1) is 13.9. The molecule has 4 unspecified atom stereocenters. The van der Waals surface area contributed by atoms with E-state index < -0.39 is 36.7 Å². The third-order valence-corrected chi connectivity index (χ3v) is 3.44. The lowest BCUT2D eigenvalue weighted by Crippen LogP contribution is -2.33. The molecule has 2 aromatic rings. The first-order chi connectivity index (χ1) is 10.1. The molecule has 0 bridgehead atoms. The summed E-state index contributed by atoms with van der Waals surface area (Å²) in [5.41, 5.74) is -0.165. The number of H-pyrrole nitrogens is 1. The van der Waals surface area contributed by atoms with Gasteiger partial charge in [0.2, 0.25) is 0 Å². The van der Waals surface area contributed by atoms with E-state index in [1.807, 2.05) is 0 Å². The Morgan fingerprint density at radius 2 is 2.24 bits per heavy atom. The summed E-state index contributed by atoms with van der Waals surface area (Å²) in [7, 11) is 0. The van der Waals surface area contributed by atoms with E-state index in [4.69, 9.17) is 9.84 Å². The average Bonchev–Trinajstić information content (AvgIpc) is 3.02. The van der Waals surface area contributed by atoms with E-state index in [0.717, 1.165) is 0 Å². The number of aromatic amines is 1. The van der Waals surface area contributed by atoms with Gasteiger partial charge in [0.1, 0.15) is 24.1 Å². The Bertz CT molecular complexity index is 739. The van der Waals surface area contributed by atoms with Crippen LogP contribution in [0.1, 0.15) is 12.1 Å². The summed E-state index contributed by atoms with van der Waals surface area (Å²) in [4.78, 5) is 22.4. The number of rotatable bonds is 3. The largest absolute Gasteiger partial charge is 0.394 e. The molecule has 0 saturated carbocycles. The molecule has 4 N–H and O–H groups in total. The van der Waals surface area contributed by atoms with E-state index in [-0.39, 0.29) is 17.0 Å². The minimum Gasteiger partial charge on any atom is -0.394 e. The number of nitrogens with one attached hydrogen (secondary N) is 1. The molecule has 9 heteroatoms. The van der Waals surface area contributed by atoms with Gasteiger partial charge in [-0.2, -0.15) is 0 Å². The molecular weight excluding hydrogens is 280 g/mol. The van der Waals surface area contributed by atoms with Gasteiger partial charge in [0.25, 0.3) is 5.56 Å². The van der Waals surface area contributed by atoms with E-state index >= 15 is 0 Å². The Kier molecular flexibility index (Phi) is 3.33. The van der Waals surface area contributed by atoms with Crippen LogP contribution in [0, 0.1) is 0 Å². The van der Waals surface area contributed by atoms with Crippen molar-refractivity contribution in [2.24, 2.45) is 0 Å². The first-order valence-electron chi connectivity index (χ1n) is 6.28. The van der Waals surface area contributed by atoms with Gasteiger partial charge in [-0.1, -0.05) is 6.58 Å². The second kappa shape index (κ2) is 5.04. The Balaban J connectivity index is 2.11. The van der Waals surface area contributed by atoms with Crippen molar-refractivity contribution in [2.75, 3.05) is 6.61 Å². The van der Waals surface area contributed by atoms with Crippen LogP contribution in [0.25, 0.3) is 17.2 Å². The van der Waals surface area contributed by atoms with Crippen molar-refractivity contribution in [2.45, 2.75) is 24.5 Å². The van der Waals surface area contributed by atoms with Gasteiger partial charge in [0, 0.05) is 0 Å². The van der Waals surface area contributed by atoms with Gasteiger partial charge >= 0.3 is 0 Å². The number of aromatic nitrogens is 4. The van der Waals surface area contributed by atoms with E-state index in [0.29, 0.717) is 0 Å². The Morgan fingerprint density at radius 1 is 1.48 bits per heavy atom. The van der Waals surface area contributed by atoms with Crippen LogP contribution in [-0.2, 0) is 4.74 Å². The maximum absolute atomic E-state index is 11.8. The van der Waals surface area contributed by atoms with Crippen molar-refractivity contribution < 1.29 is 20.1 Å². The van der Waals surface area contributed by atoms with Crippen LogP contribution >= 0.6 is 0 Å². The van der Waals surface area contributed by atoms with Crippen LogP contribution in [0.2, 0.25) is 0 Å². The van der Waals surface area contributed by atoms with Crippen molar-refractivity contribution in [1.29, 1.82) is 0 Å². The molecule has 3 rings (SSSR count). The molecule has 2 aromatic heterocycles. The lowest BCUT2D eigenvalue weighted by Gasteiger charge is -2.16. The number of hydrogen-bond acceptors (Lipinski definition) is 7. The molecule has 3 heterocycles. The molecule has 0 aliphatic carbocycles. The highest BCUT2D eigenvalue weighted by Gasteiger charge is 2.44. The minimum atomic E-state index is -1.27. The molecule has 1 saturated heterocycles. The van der Waals surface area contributed by atoms with Crippen molar-refractivity contribution in [3.63, 3.8) is 0 Å². The smallest absolute Gasteiger partial charge is 0.279 e. The van der Waals surface area contributed by atoms with Gasteiger partial charge < -0.3 is 25.0 Å². The molecule has 0 spiro atoms. The second-order valence-corrected chi connectivity index (χ2v) is 4.71. The zero-order chi connectivity index (χ0) is 15.1. The second-order valence-electron chi connectivity index (χ2n) is 4.71. The molecule has 112 valence electrons. The van der Waals surface area contributed by atoms with E-state index in [9.17, 15) is 15.0 Å². The van der Waals surface area contributed by atoms with Crippen molar-refractivity contribution in [3.8, 4) is 0 Å². The van der Waals surface area contributed by atoms with Crippen molar-refractivity contribution in [1.82, 2.24) is 19.5 Å². The fourth-order valence-electron chi connectivity index (χ4n) is 2.34. The number of aliphatic hydroxyl groups excluding tert-OH is 3. The molecular formula is C12H14N4O5. The maximum Gasteiger partial charge on any atom is 0.279 e. The molecule has 0 radical (unpaired) electrons. The van der Waals surface area contributed by atoms with Gasteiger partial charge in [0.15, 0.2) is 17.4 Å². The van der Waals surface area contributed by atoms with Crippen LogP contribution in [0.5, 0.6) is 0 Å². The predicted molar refractivity (Wildman–Crippen MR) is 71.2 cm³/mol. The normalized spacial score (nSPS) is 29.1. The van der Waals surface area contributed by atoms with Gasteiger partial charge in [-0.25, -0.2) is 9.97 Å². The quantitative estimate of drug-likeness (QED) is 0.534. The molecule has 0 amide bonds. The summed E-state index contributed by atoms with van der Waals surface area (Å²) in [6.07, 6.45) is -1.75. The summed E-state index contributed by atoms with van der Waals surface area (Å²) in [6, 6.07) is 0. The summed E-state index contributed by atoms with van der Waals surface area (Å²) in [5.74, 6) is 0.251. The van der Waals surface area contributed by atoms with Crippen LogP contribution in [0.3, 0.4) is 0 Å². The van der Waals surface area contributed by atoms with Crippen LogP contribution in [-0.4, -0.2) is 59.8 Å². The number of ether oxygens (including phenoxy) is 1. The number of fused-ring (bicyclic) bond motifs is 1. The number of aliphatic hydroxyl groups is 3. The summed E-state index contributed by atoms with van der Waals surface area (Å²) >= 11 is 0. The molecule has 9 nitrogen and oxygen atoms in total. The zero-order valence-corrected chi connectivity index (χ0v) is 10.9. The Morgan fingerprint density at radius 3 is 2.86 bits per heavy atom. The lowest BCUT2D eigenvalue weighted by atomic mass is 10.1. The van der Waals surface area contributed by atoms with E-state index in [1.54, 1.807) is 0 Å². The van der Waals surface area contributed by atoms with E-state index in [2.05, 4.69) is 21.5 Å². The summed E-state index contributed by atoms with van der Waals surface area (Å²) in [5, 5.41) is 28.9. The van der Waals surface area contributed by atoms with Gasteiger partial charge in [-0.15, -0.1) is 0 Å². The fourth-order valence-corrected chi connectivity index (χ4v) is 2.34. The van der Waals surface area contributed by atoms with Gasteiger partial charge in [0.05, 0.1) is 12.9 Å². The molecule has 0 aromatic carbocycles. The predicted octanol–water partition coefficient (Wildman–Crippen LogP) is -1.63. The maximum atomic E-state index is 11.8. The minimum absolute atomic E-state index is 0.0818. The highest BCUT2D eigenvalue weighted by Crippen LogP contribution is 2.30. The average molecular weight is 294 g/mol. The van der Waals surface area contributed by atoms with Crippen LogP contribution in [0.15, 0.2) is 17.7 Å². The van der Waals surface area contributed by atoms with Crippen molar-refractivity contribution >= 4 is 17.2 Å². The monoisotopic (exact) mass is 294 g/mol. The number of nitrogens with zero attached hydrogens (tertiary/aromatic N) is 3. The standard InChI is InChI=1S/C12H14N4O5/c1-2-6-14-10-7(11(20)15-6)13-4-16(10)12-9(19)8(18)5(3-17)21-12/h2,4-5,8-9,12,17-19H,1,3H2,(H,14,15,20). The third kappa shape index (κ3) is 2.07. The number of hydrogen-bond donors (Lipinski definition) is 4. The summed E-state index contributed by atoms with van der Waals surface area (Å²) < 4.78 is 6.74. The number of imidazole rings is 1. The molecule has 1 fully saturated rings. The molecule has 1 aliphatic rings. The highest BCUT2D eigenvalue weighted by molar-refractivity contribution is 5.70. The zero-order valence-electron chi connectivity index (χ0n) is 10.9. The molecule has 1 aliphatic heterocycles. The molecule has 4 atom stereocenters. The lowest BCUT2D eigenvalue weighted by molar-refractivity contribution is -0.0511. The van der Waals surface area contributed by atoms with Crippen LogP contribution < -0.4 is 5.56 Å². The molecule has 21 heavy (non-hydrogen) atoms. The van der Waals surface area contributed by atoms with Gasteiger partial charge in [-0.05, 0) is 6.08 Å². The summed E-state index contributed by atoms with van der Waals surface area (Å²) in [6.45, 7) is 3.09. The highest BCUT2D eigenvalue weighted by atomic mass is 16.6. The SMILES string of the molecule is C=Cc1nc2c(ncn2C2OC(CO)C(O)C2O)c(=O)[nH]1. The third-order valence-electron chi connectivity index (χ3n) is 3.44. The van der Waals surface area contributed by atoms with Crippen molar-refractivity contribution in [3.05, 3.63) is 29.1 Å². The van der Waals surface area contributed by atoms with E-state index in [1.165, 1.54) is 17.0 Å². The fraction of sp³-hybridized carbons (Fsp3) is 0.417. The first-order valence-corrected chi connectivity index (χ1v) is 6.28. The van der Waals surface area contributed by atoms with Crippen LogP contribution in [0.4, 0.5) is 0 Å². The van der Waals surface area contributed by atoms with Gasteiger partial charge in [-0.3, -0.25) is 9.36 Å².